The number of amides is 1. The molecule has 1 N–H and O–H groups in total. The number of carbonyl (C=O) groups is 1. The zero-order valence-corrected chi connectivity index (χ0v) is 10.5. The van der Waals surface area contributed by atoms with Crippen LogP contribution in [0.3, 0.4) is 0 Å². The Balaban J connectivity index is 2.27. The van der Waals surface area contributed by atoms with Crippen molar-refractivity contribution in [3.8, 4) is 0 Å². The Morgan fingerprint density at radius 2 is 2.28 bits per heavy atom. The fourth-order valence-electron chi connectivity index (χ4n) is 2.00. The van der Waals surface area contributed by atoms with Crippen LogP contribution in [-0.4, -0.2) is 22.0 Å². The average Bonchev–Trinajstić information content (AvgIpc) is 2.68. The highest BCUT2D eigenvalue weighted by Crippen LogP contribution is 2.16. The van der Waals surface area contributed by atoms with Gasteiger partial charge in [0, 0.05) is 26.4 Å². The van der Waals surface area contributed by atoms with Crippen molar-refractivity contribution in [2.24, 2.45) is 0 Å². The van der Waals surface area contributed by atoms with Gasteiger partial charge < -0.3 is 9.88 Å². The summed E-state index contributed by atoms with van der Waals surface area (Å²) in [6, 6.07) is 8.02. The van der Waals surface area contributed by atoms with E-state index >= 15 is 0 Å². The van der Waals surface area contributed by atoms with E-state index in [1.54, 1.807) is 0 Å². The molecule has 1 heterocycles. The molecule has 2 aromatic rings. The molecule has 0 unspecified atom stereocenters. The molecule has 0 fully saturated rings. The molecule has 2 rings (SSSR count). The van der Waals surface area contributed by atoms with E-state index in [4.69, 9.17) is 0 Å². The summed E-state index contributed by atoms with van der Waals surface area (Å²) in [5.74, 6) is 0.964. The lowest BCUT2D eigenvalue weighted by Crippen LogP contribution is -2.23. The summed E-state index contributed by atoms with van der Waals surface area (Å²) in [7, 11) is 0. The first-order valence-electron chi connectivity index (χ1n) is 6.02. The highest BCUT2D eigenvalue weighted by Gasteiger charge is 2.08. The van der Waals surface area contributed by atoms with Gasteiger partial charge in [-0.1, -0.05) is 18.2 Å². The number of rotatable bonds is 5. The van der Waals surface area contributed by atoms with Crippen molar-refractivity contribution in [2.75, 3.05) is 6.54 Å². The monoisotopic (exact) mass is 243 g/mol. The Labute approximate surface area is 106 Å². The molecule has 0 saturated carbocycles. The minimum Gasteiger partial charge on any atom is -0.356 e. The minimum atomic E-state index is -0.0126. The van der Waals surface area contributed by atoms with E-state index in [1.807, 2.05) is 30.3 Å². The number of para-hydroxylation sites is 2. The number of imidazole rings is 1. The Hall–Kier alpha value is -2.10. The SMILES string of the molecule is C=CCn1c(CCNC(C)=O)nc2ccccc21. The predicted octanol–water partition coefficient (Wildman–Crippen LogP) is 1.90. The zero-order chi connectivity index (χ0) is 13.0. The largest absolute Gasteiger partial charge is 0.356 e. The number of carbonyl (C=O) groups excluding carboxylic acids is 1. The van der Waals surface area contributed by atoms with Crippen LogP contribution in [0.25, 0.3) is 11.0 Å². The van der Waals surface area contributed by atoms with Gasteiger partial charge in [0.2, 0.25) is 5.91 Å². The van der Waals surface area contributed by atoms with Gasteiger partial charge in [-0.25, -0.2) is 4.98 Å². The molecule has 1 aromatic heterocycles. The average molecular weight is 243 g/mol. The van der Waals surface area contributed by atoms with Gasteiger partial charge in [-0.15, -0.1) is 6.58 Å². The Morgan fingerprint density at radius 1 is 1.50 bits per heavy atom. The van der Waals surface area contributed by atoms with Gasteiger partial charge in [0.1, 0.15) is 5.82 Å². The third-order valence-electron chi connectivity index (χ3n) is 2.77. The summed E-state index contributed by atoms with van der Waals surface area (Å²) in [5, 5.41) is 2.79. The van der Waals surface area contributed by atoms with E-state index in [1.165, 1.54) is 6.92 Å². The number of benzene rings is 1. The quantitative estimate of drug-likeness (QED) is 0.815. The fraction of sp³-hybridized carbons (Fsp3) is 0.286. The Morgan fingerprint density at radius 3 is 3.00 bits per heavy atom. The van der Waals surface area contributed by atoms with E-state index in [-0.39, 0.29) is 5.91 Å². The first-order valence-corrected chi connectivity index (χ1v) is 6.02. The number of fused-ring (bicyclic) bond motifs is 1. The number of allylic oxidation sites excluding steroid dienone is 1. The molecule has 0 bridgehead atoms. The number of nitrogens with one attached hydrogen (secondary N) is 1. The highest BCUT2D eigenvalue weighted by atomic mass is 16.1. The van der Waals surface area contributed by atoms with Crippen LogP contribution in [-0.2, 0) is 17.8 Å². The topological polar surface area (TPSA) is 46.9 Å². The van der Waals surface area contributed by atoms with Crippen molar-refractivity contribution < 1.29 is 4.79 Å². The second-order valence-electron chi connectivity index (χ2n) is 4.15. The van der Waals surface area contributed by atoms with Crippen LogP contribution in [0.1, 0.15) is 12.7 Å². The molecule has 94 valence electrons. The molecule has 0 saturated heterocycles. The van der Waals surface area contributed by atoms with E-state index in [0.29, 0.717) is 6.54 Å². The summed E-state index contributed by atoms with van der Waals surface area (Å²) < 4.78 is 2.13. The molecule has 4 nitrogen and oxygen atoms in total. The zero-order valence-electron chi connectivity index (χ0n) is 10.5. The standard InChI is InChI=1S/C14H17N3O/c1-3-10-17-13-7-5-4-6-12(13)16-14(17)8-9-15-11(2)18/h3-7H,1,8-10H2,2H3,(H,15,18). The second-order valence-corrected chi connectivity index (χ2v) is 4.15. The van der Waals surface area contributed by atoms with Crippen LogP contribution >= 0.6 is 0 Å². The van der Waals surface area contributed by atoms with Crippen LogP contribution in [0.2, 0.25) is 0 Å². The summed E-state index contributed by atoms with van der Waals surface area (Å²) >= 11 is 0. The van der Waals surface area contributed by atoms with E-state index in [0.717, 1.165) is 29.8 Å². The number of aromatic nitrogens is 2. The number of hydrogen-bond donors (Lipinski definition) is 1. The van der Waals surface area contributed by atoms with Crippen molar-refractivity contribution in [2.45, 2.75) is 19.9 Å². The molecule has 0 spiro atoms. The summed E-state index contributed by atoms with van der Waals surface area (Å²) in [6.45, 7) is 6.63. The molecule has 1 amide bonds. The molecular formula is C14H17N3O. The normalized spacial score (nSPS) is 10.5. The molecule has 18 heavy (non-hydrogen) atoms. The van der Waals surface area contributed by atoms with Crippen LogP contribution in [0, 0.1) is 0 Å². The first-order chi connectivity index (χ1) is 8.72. The molecule has 1 aromatic carbocycles. The lowest BCUT2D eigenvalue weighted by molar-refractivity contribution is -0.118. The van der Waals surface area contributed by atoms with Crippen molar-refractivity contribution in [3.63, 3.8) is 0 Å². The molecule has 0 radical (unpaired) electrons. The lowest BCUT2D eigenvalue weighted by Gasteiger charge is -2.06. The van der Waals surface area contributed by atoms with Crippen molar-refractivity contribution in [1.82, 2.24) is 14.9 Å². The summed E-state index contributed by atoms with van der Waals surface area (Å²) in [5.41, 5.74) is 2.09. The minimum absolute atomic E-state index is 0.0126. The van der Waals surface area contributed by atoms with Gasteiger partial charge in [-0.05, 0) is 12.1 Å². The third kappa shape index (κ3) is 2.59. The van der Waals surface area contributed by atoms with E-state index in [2.05, 4.69) is 21.4 Å². The van der Waals surface area contributed by atoms with Crippen molar-refractivity contribution >= 4 is 16.9 Å². The van der Waals surface area contributed by atoms with Gasteiger partial charge in [0.15, 0.2) is 0 Å². The number of nitrogens with zero attached hydrogens (tertiary/aromatic N) is 2. The Kier molecular flexibility index (Phi) is 3.77. The van der Waals surface area contributed by atoms with Crippen molar-refractivity contribution in [1.29, 1.82) is 0 Å². The fourth-order valence-corrected chi connectivity index (χ4v) is 2.00. The van der Waals surface area contributed by atoms with Crippen LogP contribution in [0.5, 0.6) is 0 Å². The van der Waals surface area contributed by atoms with Gasteiger partial charge in [-0.3, -0.25) is 4.79 Å². The maximum absolute atomic E-state index is 10.9. The lowest BCUT2D eigenvalue weighted by atomic mass is 10.3. The highest BCUT2D eigenvalue weighted by molar-refractivity contribution is 5.76. The van der Waals surface area contributed by atoms with Gasteiger partial charge in [-0.2, -0.15) is 0 Å². The van der Waals surface area contributed by atoms with Crippen LogP contribution < -0.4 is 5.32 Å². The third-order valence-corrected chi connectivity index (χ3v) is 2.77. The second kappa shape index (κ2) is 5.49. The van der Waals surface area contributed by atoms with Crippen LogP contribution in [0.15, 0.2) is 36.9 Å². The van der Waals surface area contributed by atoms with Crippen molar-refractivity contribution in [3.05, 3.63) is 42.7 Å². The van der Waals surface area contributed by atoms with E-state index < -0.39 is 0 Å². The molecule has 0 atom stereocenters. The van der Waals surface area contributed by atoms with Gasteiger partial charge >= 0.3 is 0 Å². The molecular weight excluding hydrogens is 226 g/mol. The molecule has 0 aliphatic carbocycles. The summed E-state index contributed by atoms with van der Waals surface area (Å²) in [6.07, 6.45) is 2.58. The maximum Gasteiger partial charge on any atom is 0.216 e. The molecule has 4 heteroatoms. The smallest absolute Gasteiger partial charge is 0.216 e. The Bertz CT molecular complexity index is 571. The maximum atomic E-state index is 10.9. The van der Waals surface area contributed by atoms with E-state index in [9.17, 15) is 4.79 Å². The predicted molar refractivity (Wildman–Crippen MR) is 72.3 cm³/mol. The molecule has 0 aliphatic rings. The van der Waals surface area contributed by atoms with Gasteiger partial charge in [0.05, 0.1) is 11.0 Å². The summed E-state index contributed by atoms with van der Waals surface area (Å²) in [4.78, 5) is 15.5. The number of hydrogen-bond acceptors (Lipinski definition) is 2. The van der Waals surface area contributed by atoms with Gasteiger partial charge in [0.25, 0.3) is 0 Å². The molecule has 0 aliphatic heterocycles. The first kappa shape index (κ1) is 12.4. The van der Waals surface area contributed by atoms with Crippen LogP contribution in [0.4, 0.5) is 0 Å².